The van der Waals surface area contributed by atoms with E-state index < -0.39 is 5.60 Å². The largest absolute Gasteiger partial charge is 0.478 e. The van der Waals surface area contributed by atoms with Crippen LogP contribution in [0.25, 0.3) is 0 Å². The predicted molar refractivity (Wildman–Crippen MR) is 82.9 cm³/mol. The zero-order chi connectivity index (χ0) is 16.2. The number of hydrogen-bond donors (Lipinski definition) is 1. The molecule has 1 saturated heterocycles. The molecule has 0 saturated carbocycles. The van der Waals surface area contributed by atoms with E-state index in [0.717, 1.165) is 13.0 Å². The third kappa shape index (κ3) is 4.07. The molecule has 7 nitrogen and oxygen atoms in total. The fraction of sp³-hybridized carbons (Fsp3) is 0.667. The molecular formula is C15H24N4O3. The van der Waals surface area contributed by atoms with Crippen LogP contribution in [0.2, 0.25) is 0 Å². The second-order valence-corrected chi connectivity index (χ2v) is 5.86. The Morgan fingerprint density at radius 3 is 2.95 bits per heavy atom. The predicted octanol–water partition coefficient (Wildman–Crippen LogP) is 0.685. The van der Waals surface area contributed by atoms with Crippen molar-refractivity contribution in [2.24, 2.45) is 0 Å². The fourth-order valence-electron chi connectivity index (χ4n) is 2.62. The lowest BCUT2D eigenvalue weighted by Crippen LogP contribution is -2.50. The Bertz CT molecular complexity index is 523. The van der Waals surface area contributed by atoms with Gasteiger partial charge < -0.3 is 19.6 Å². The van der Waals surface area contributed by atoms with Crippen molar-refractivity contribution in [2.45, 2.75) is 31.8 Å². The van der Waals surface area contributed by atoms with Gasteiger partial charge in [0.1, 0.15) is 12.1 Å². The minimum atomic E-state index is -1.02. The topological polar surface area (TPSA) is 78.8 Å². The van der Waals surface area contributed by atoms with Gasteiger partial charge in [0, 0.05) is 33.3 Å². The molecule has 1 aliphatic rings. The average Bonchev–Trinajstić information content (AvgIpc) is 2.47. The SMILES string of the molecule is CCOc1cc(N2CCCC(O)(CC(=O)N(C)C)C2)ncn1. The second kappa shape index (κ2) is 6.91. The Kier molecular flexibility index (Phi) is 5.18. The van der Waals surface area contributed by atoms with E-state index in [9.17, 15) is 9.90 Å². The lowest BCUT2D eigenvalue weighted by molar-refractivity contribution is -0.134. The summed E-state index contributed by atoms with van der Waals surface area (Å²) in [4.78, 5) is 23.7. The number of piperidine rings is 1. The third-order valence-electron chi connectivity index (χ3n) is 3.78. The Balaban J connectivity index is 2.09. The van der Waals surface area contributed by atoms with E-state index in [2.05, 4.69) is 9.97 Å². The first-order valence-electron chi connectivity index (χ1n) is 7.56. The zero-order valence-electron chi connectivity index (χ0n) is 13.4. The number of ether oxygens (including phenoxy) is 1. The van der Waals surface area contributed by atoms with Crippen LogP contribution in [0.1, 0.15) is 26.2 Å². The van der Waals surface area contributed by atoms with E-state index in [1.165, 1.54) is 11.2 Å². The van der Waals surface area contributed by atoms with Gasteiger partial charge in [-0.1, -0.05) is 0 Å². The highest BCUT2D eigenvalue weighted by Crippen LogP contribution is 2.28. The fourth-order valence-corrected chi connectivity index (χ4v) is 2.62. The van der Waals surface area contributed by atoms with E-state index in [-0.39, 0.29) is 12.3 Å². The Morgan fingerprint density at radius 2 is 2.27 bits per heavy atom. The van der Waals surface area contributed by atoms with Gasteiger partial charge in [0.15, 0.2) is 0 Å². The normalized spacial score (nSPS) is 21.5. The molecule has 0 aliphatic carbocycles. The van der Waals surface area contributed by atoms with Crippen molar-refractivity contribution in [3.05, 3.63) is 12.4 Å². The first-order chi connectivity index (χ1) is 10.4. The van der Waals surface area contributed by atoms with Crippen LogP contribution in [0, 0.1) is 0 Å². The number of hydrogen-bond acceptors (Lipinski definition) is 6. The van der Waals surface area contributed by atoms with E-state index >= 15 is 0 Å². The van der Waals surface area contributed by atoms with Crippen LogP contribution in [0.3, 0.4) is 0 Å². The number of carbonyl (C=O) groups excluding carboxylic acids is 1. The molecule has 1 aromatic rings. The van der Waals surface area contributed by atoms with Crippen LogP contribution in [0.5, 0.6) is 5.88 Å². The molecule has 22 heavy (non-hydrogen) atoms. The third-order valence-corrected chi connectivity index (χ3v) is 3.78. The van der Waals surface area contributed by atoms with Crippen molar-refractivity contribution in [2.75, 3.05) is 38.7 Å². The van der Waals surface area contributed by atoms with E-state index in [1.807, 2.05) is 11.8 Å². The van der Waals surface area contributed by atoms with Gasteiger partial charge in [-0.15, -0.1) is 0 Å². The molecule has 2 heterocycles. The first kappa shape index (κ1) is 16.5. The lowest BCUT2D eigenvalue weighted by atomic mass is 9.89. The van der Waals surface area contributed by atoms with Crippen LogP contribution >= 0.6 is 0 Å². The highest BCUT2D eigenvalue weighted by atomic mass is 16.5. The minimum Gasteiger partial charge on any atom is -0.478 e. The van der Waals surface area contributed by atoms with Gasteiger partial charge in [-0.3, -0.25) is 4.79 Å². The highest BCUT2D eigenvalue weighted by Gasteiger charge is 2.36. The van der Waals surface area contributed by atoms with E-state index in [0.29, 0.717) is 31.3 Å². The monoisotopic (exact) mass is 308 g/mol. The Hall–Kier alpha value is -1.89. The van der Waals surface area contributed by atoms with Crippen molar-refractivity contribution in [3.63, 3.8) is 0 Å². The summed E-state index contributed by atoms with van der Waals surface area (Å²) in [6, 6.07) is 1.77. The van der Waals surface area contributed by atoms with Crippen molar-refractivity contribution < 1.29 is 14.6 Å². The van der Waals surface area contributed by atoms with Gasteiger partial charge in [-0.2, -0.15) is 0 Å². The number of aliphatic hydroxyl groups is 1. The maximum absolute atomic E-state index is 11.9. The molecule has 0 spiro atoms. The molecule has 1 unspecified atom stereocenters. The number of anilines is 1. The number of carbonyl (C=O) groups is 1. The van der Waals surface area contributed by atoms with Gasteiger partial charge in [-0.25, -0.2) is 9.97 Å². The Morgan fingerprint density at radius 1 is 1.50 bits per heavy atom. The zero-order valence-corrected chi connectivity index (χ0v) is 13.4. The van der Waals surface area contributed by atoms with Crippen LogP contribution in [-0.4, -0.2) is 65.3 Å². The van der Waals surface area contributed by atoms with Crippen LogP contribution in [0.15, 0.2) is 12.4 Å². The lowest BCUT2D eigenvalue weighted by Gasteiger charge is -2.39. The number of nitrogens with zero attached hydrogens (tertiary/aromatic N) is 4. The van der Waals surface area contributed by atoms with Gasteiger partial charge in [-0.05, 0) is 19.8 Å². The summed E-state index contributed by atoms with van der Waals surface area (Å²) >= 11 is 0. The van der Waals surface area contributed by atoms with Gasteiger partial charge in [0.05, 0.1) is 18.6 Å². The molecule has 7 heteroatoms. The maximum atomic E-state index is 11.9. The number of rotatable bonds is 5. The number of amides is 1. The van der Waals surface area contributed by atoms with Crippen molar-refractivity contribution in [1.29, 1.82) is 0 Å². The van der Waals surface area contributed by atoms with Gasteiger partial charge in [0.2, 0.25) is 11.8 Å². The van der Waals surface area contributed by atoms with Crippen LogP contribution in [0.4, 0.5) is 5.82 Å². The summed E-state index contributed by atoms with van der Waals surface area (Å²) in [5.41, 5.74) is -1.02. The summed E-state index contributed by atoms with van der Waals surface area (Å²) in [7, 11) is 3.40. The standard InChI is InChI=1S/C15H24N4O3/c1-4-22-13-8-12(16-11-17-13)19-7-5-6-15(21,10-19)9-14(20)18(2)3/h8,11,21H,4-7,9-10H2,1-3H3. The van der Waals surface area contributed by atoms with Crippen molar-refractivity contribution >= 4 is 11.7 Å². The summed E-state index contributed by atoms with van der Waals surface area (Å²) in [5, 5.41) is 10.7. The average molecular weight is 308 g/mol. The smallest absolute Gasteiger partial charge is 0.225 e. The summed E-state index contributed by atoms with van der Waals surface area (Å²) in [6.07, 6.45) is 3.01. The highest BCUT2D eigenvalue weighted by molar-refractivity contribution is 5.76. The molecule has 2 rings (SSSR count). The quantitative estimate of drug-likeness (QED) is 0.862. The number of aromatic nitrogens is 2. The van der Waals surface area contributed by atoms with E-state index in [1.54, 1.807) is 20.2 Å². The van der Waals surface area contributed by atoms with Gasteiger partial charge in [0.25, 0.3) is 0 Å². The molecule has 1 N–H and O–H groups in total. The molecule has 1 aliphatic heterocycles. The summed E-state index contributed by atoms with van der Waals surface area (Å²) < 4.78 is 5.38. The molecule has 0 radical (unpaired) electrons. The molecule has 1 aromatic heterocycles. The summed E-state index contributed by atoms with van der Waals surface area (Å²) in [6.45, 7) is 3.61. The molecular weight excluding hydrogens is 284 g/mol. The maximum Gasteiger partial charge on any atom is 0.225 e. The molecule has 0 aromatic carbocycles. The van der Waals surface area contributed by atoms with Crippen LogP contribution in [-0.2, 0) is 4.79 Å². The molecule has 1 amide bonds. The van der Waals surface area contributed by atoms with E-state index in [4.69, 9.17) is 4.74 Å². The van der Waals surface area contributed by atoms with Gasteiger partial charge >= 0.3 is 0 Å². The molecule has 1 fully saturated rings. The van der Waals surface area contributed by atoms with Crippen LogP contribution < -0.4 is 9.64 Å². The van der Waals surface area contributed by atoms with Crippen molar-refractivity contribution in [1.82, 2.24) is 14.9 Å². The summed E-state index contributed by atoms with van der Waals surface area (Å²) in [5.74, 6) is 1.17. The number of β-amino-alcohol motifs (C(OH)–C–C–N with tert-alkyl or cyclic N) is 1. The Labute approximate surface area is 130 Å². The molecule has 122 valence electrons. The second-order valence-electron chi connectivity index (χ2n) is 5.86. The first-order valence-corrected chi connectivity index (χ1v) is 7.56. The minimum absolute atomic E-state index is 0.0676. The molecule has 1 atom stereocenters. The molecule has 0 bridgehead atoms. The van der Waals surface area contributed by atoms with Crippen molar-refractivity contribution in [3.8, 4) is 5.88 Å².